The number of nitrogens with zero attached hydrogens (tertiary/aromatic N) is 6. The standard InChI is InChI=1S/C24H25FN6O/c1-24(2,3)31-22(29-11-5-6-12-29)18-14-30(15-20(18)27-31)23(32)21-13-19(26-28(21)4)16-7-9-17(25)10-8-16/h5-13H,14-15H2,1-4H3. The molecule has 7 nitrogen and oxygen atoms in total. The smallest absolute Gasteiger partial charge is 0.272 e. The van der Waals surface area contributed by atoms with Crippen LogP contribution in [0.2, 0.25) is 0 Å². The lowest BCUT2D eigenvalue weighted by Gasteiger charge is -2.24. The molecule has 164 valence electrons. The molecule has 0 spiro atoms. The van der Waals surface area contributed by atoms with Gasteiger partial charge in [-0.3, -0.25) is 9.48 Å². The van der Waals surface area contributed by atoms with Gasteiger partial charge in [-0.2, -0.15) is 10.2 Å². The third kappa shape index (κ3) is 3.32. The van der Waals surface area contributed by atoms with Gasteiger partial charge in [-0.05, 0) is 63.2 Å². The maximum absolute atomic E-state index is 13.4. The Bertz CT molecular complexity index is 1290. The van der Waals surface area contributed by atoms with Crippen molar-refractivity contribution in [2.24, 2.45) is 7.05 Å². The summed E-state index contributed by atoms with van der Waals surface area (Å²) in [6.45, 7) is 7.30. The summed E-state index contributed by atoms with van der Waals surface area (Å²) in [5.74, 6) is 0.582. The Morgan fingerprint density at radius 2 is 1.72 bits per heavy atom. The molecule has 1 aliphatic heterocycles. The molecular weight excluding hydrogens is 407 g/mol. The van der Waals surface area contributed by atoms with E-state index in [1.807, 2.05) is 29.2 Å². The predicted octanol–water partition coefficient (Wildman–Crippen LogP) is 4.12. The molecule has 4 heterocycles. The quantitative estimate of drug-likeness (QED) is 0.489. The Balaban J connectivity index is 1.46. The topological polar surface area (TPSA) is 60.9 Å². The number of carbonyl (C=O) groups excluding carboxylic acids is 1. The second kappa shape index (κ2) is 7.19. The number of benzene rings is 1. The minimum absolute atomic E-state index is 0.105. The fourth-order valence-corrected chi connectivity index (χ4v) is 4.15. The van der Waals surface area contributed by atoms with E-state index < -0.39 is 0 Å². The fraction of sp³-hybridized carbons (Fsp3) is 0.292. The zero-order valence-corrected chi connectivity index (χ0v) is 18.6. The van der Waals surface area contributed by atoms with Gasteiger partial charge in [0.05, 0.1) is 30.0 Å². The van der Waals surface area contributed by atoms with E-state index >= 15 is 0 Å². The maximum Gasteiger partial charge on any atom is 0.272 e. The van der Waals surface area contributed by atoms with Crippen molar-refractivity contribution in [1.82, 2.24) is 29.0 Å². The second-order valence-electron chi connectivity index (χ2n) is 9.13. The zero-order valence-electron chi connectivity index (χ0n) is 18.6. The normalized spacial score (nSPS) is 13.6. The van der Waals surface area contributed by atoms with Gasteiger partial charge in [0.25, 0.3) is 5.91 Å². The molecule has 1 aromatic carbocycles. The Morgan fingerprint density at radius 1 is 1.03 bits per heavy atom. The number of hydrogen-bond acceptors (Lipinski definition) is 3. The van der Waals surface area contributed by atoms with Crippen LogP contribution in [0.15, 0.2) is 54.9 Å². The van der Waals surface area contributed by atoms with Gasteiger partial charge in [-0.15, -0.1) is 0 Å². The van der Waals surface area contributed by atoms with Crippen molar-refractivity contribution in [2.75, 3.05) is 0 Å². The predicted molar refractivity (Wildman–Crippen MR) is 119 cm³/mol. The maximum atomic E-state index is 13.4. The second-order valence-corrected chi connectivity index (χ2v) is 9.13. The average Bonchev–Trinajstić information content (AvgIpc) is 3.50. The summed E-state index contributed by atoms with van der Waals surface area (Å²) in [6.07, 6.45) is 4.00. The van der Waals surface area contributed by atoms with Crippen molar-refractivity contribution < 1.29 is 9.18 Å². The largest absolute Gasteiger partial charge is 0.327 e. The number of fused-ring (bicyclic) bond motifs is 1. The fourth-order valence-electron chi connectivity index (χ4n) is 4.15. The summed E-state index contributed by atoms with van der Waals surface area (Å²) in [4.78, 5) is 15.2. The molecule has 0 radical (unpaired) electrons. The van der Waals surface area contributed by atoms with Crippen molar-refractivity contribution in [1.29, 1.82) is 0 Å². The van der Waals surface area contributed by atoms with E-state index in [2.05, 4.69) is 30.4 Å². The number of amides is 1. The van der Waals surface area contributed by atoms with Crippen LogP contribution < -0.4 is 0 Å². The van der Waals surface area contributed by atoms with Gasteiger partial charge in [0.15, 0.2) is 0 Å². The lowest BCUT2D eigenvalue weighted by atomic mass is 10.1. The molecule has 0 aliphatic carbocycles. The Hall–Kier alpha value is -3.68. The van der Waals surface area contributed by atoms with E-state index in [0.717, 1.165) is 22.6 Å². The lowest BCUT2D eigenvalue weighted by molar-refractivity contribution is 0.0737. The van der Waals surface area contributed by atoms with Crippen molar-refractivity contribution in [3.8, 4) is 17.1 Å². The number of rotatable bonds is 3. The lowest BCUT2D eigenvalue weighted by Crippen LogP contribution is -2.30. The zero-order chi connectivity index (χ0) is 22.6. The van der Waals surface area contributed by atoms with Gasteiger partial charge in [0.1, 0.15) is 17.3 Å². The first-order valence-corrected chi connectivity index (χ1v) is 10.6. The number of aryl methyl sites for hydroxylation is 1. The first-order chi connectivity index (χ1) is 15.2. The molecule has 0 saturated heterocycles. The summed E-state index contributed by atoms with van der Waals surface area (Å²) in [6, 6.07) is 11.8. The van der Waals surface area contributed by atoms with Crippen molar-refractivity contribution >= 4 is 5.91 Å². The van der Waals surface area contributed by atoms with Crippen LogP contribution in [0.25, 0.3) is 17.1 Å². The summed E-state index contributed by atoms with van der Waals surface area (Å²) in [7, 11) is 1.75. The minimum Gasteiger partial charge on any atom is -0.327 e. The first kappa shape index (κ1) is 20.2. The first-order valence-electron chi connectivity index (χ1n) is 10.6. The number of carbonyl (C=O) groups is 1. The Morgan fingerprint density at radius 3 is 2.38 bits per heavy atom. The molecular formula is C24H25FN6O. The molecule has 32 heavy (non-hydrogen) atoms. The summed E-state index contributed by atoms with van der Waals surface area (Å²) in [5.41, 5.74) is 3.68. The van der Waals surface area contributed by atoms with E-state index in [4.69, 9.17) is 5.10 Å². The summed E-state index contributed by atoms with van der Waals surface area (Å²) in [5, 5.41) is 9.34. The van der Waals surface area contributed by atoms with Crippen LogP contribution in [-0.2, 0) is 25.7 Å². The van der Waals surface area contributed by atoms with Gasteiger partial charge in [0, 0.05) is 30.6 Å². The number of hydrogen-bond donors (Lipinski definition) is 0. The highest BCUT2D eigenvalue weighted by atomic mass is 19.1. The van der Waals surface area contributed by atoms with Crippen molar-refractivity contribution in [3.63, 3.8) is 0 Å². The molecule has 1 aliphatic rings. The monoisotopic (exact) mass is 432 g/mol. The van der Waals surface area contributed by atoms with Gasteiger partial charge < -0.3 is 9.47 Å². The summed E-state index contributed by atoms with van der Waals surface area (Å²) < 4.78 is 18.9. The summed E-state index contributed by atoms with van der Waals surface area (Å²) >= 11 is 0. The highest BCUT2D eigenvalue weighted by Gasteiger charge is 2.34. The molecule has 0 atom stereocenters. The molecule has 0 N–H and O–H groups in total. The minimum atomic E-state index is -0.304. The highest BCUT2D eigenvalue weighted by molar-refractivity contribution is 5.94. The average molecular weight is 433 g/mol. The molecule has 4 aromatic rings. The molecule has 1 amide bonds. The molecule has 0 bridgehead atoms. The highest BCUT2D eigenvalue weighted by Crippen LogP contribution is 2.33. The van der Waals surface area contributed by atoms with Crippen LogP contribution >= 0.6 is 0 Å². The third-order valence-electron chi connectivity index (χ3n) is 5.74. The Labute approximate surface area is 185 Å². The molecule has 0 saturated carbocycles. The Kier molecular flexibility index (Phi) is 4.54. The van der Waals surface area contributed by atoms with E-state index in [9.17, 15) is 9.18 Å². The molecule has 0 fully saturated rings. The molecule has 8 heteroatoms. The van der Waals surface area contributed by atoms with E-state index in [-0.39, 0.29) is 17.3 Å². The van der Waals surface area contributed by atoms with Gasteiger partial charge in [-0.1, -0.05) is 0 Å². The third-order valence-corrected chi connectivity index (χ3v) is 5.74. The van der Waals surface area contributed by atoms with Crippen molar-refractivity contribution in [2.45, 2.75) is 39.4 Å². The SMILES string of the molecule is Cn1nc(-c2ccc(F)cc2)cc1C(=O)N1Cc2nn(C(C)(C)C)c(-n3cccc3)c2C1. The van der Waals surface area contributed by atoms with Gasteiger partial charge in [-0.25, -0.2) is 9.07 Å². The number of halogens is 1. The van der Waals surface area contributed by atoms with E-state index in [0.29, 0.717) is 24.5 Å². The van der Waals surface area contributed by atoms with Crippen LogP contribution in [0.3, 0.4) is 0 Å². The molecule has 3 aromatic heterocycles. The van der Waals surface area contributed by atoms with Crippen LogP contribution in [0.4, 0.5) is 4.39 Å². The van der Waals surface area contributed by atoms with E-state index in [1.54, 1.807) is 34.8 Å². The number of aromatic nitrogens is 5. The molecule has 0 unspecified atom stereocenters. The van der Waals surface area contributed by atoms with Gasteiger partial charge >= 0.3 is 0 Å². The molecule has 5 rings (SSSR count). The van der Waals surface area contributed by atoms with Crippen LogP contribution in [0, 0.1) is 5.82 Å². The van der Waals surface area contributed by atoms with Crippen molar-refractivity contribution in [3.05, 3.63) is 77.6 Å². The van der Waals surface area contributed by atoms with Crippen LogP contribution in [0.5, 0.6) is 0 Å². The van der Waals surface area contributed by atoms with Crippen LogP contribution in [0.1, 0.15) is 42.5 Å². The van der Waals surface area contributed by atoms with Crippen LogP contribution in [-0.4, -0.2) is 34.9 Å². The van der Waals surface area contributed by atoms with E-state index in [1.165, 1.54) is 12.1 Å². The van der Waals surface area contributed by atoms with Gasteiger partial charge in [0.2, 0.25) is 0 Å².